The normalized spacial score (nSPS) is 10.8. The molecule has 0 fully saturated rings. The molecule has 0 aliphatic rings. The van der Waals surface area contributed by atoms with Crippen molar-refractivity contribution in [1.29, 1.82) is 0 Å². The quantitative estimate of drug-likeness (QED) is 0.328. The van der Waals surface area contributed by atoms with E-state index >= 15 is 0 Å². The molecule has 1 N–H and O–H groups in total. The van der Waals surface area contributed by atoms with Gasteiger partial charge in [0.25, 0.3) is 0 Å². The fourth-order valence-electron chi connectivity index (χ4n) is 3.17. The first-order valence-corrected chi connectivity index (χ1v) is 10.7. The van der Waals surface area contributed by atoms with Crippen LogP contribution in [0.1, 0.15) is 12.5 Å². The van der Waals surface area contributed by atoms with Gasteiger partial charge in [0.2, 0.25) is 0 Å². The van der Waals surface area contributed by atoms with Crippen LogP contribution in [0.2, 0.25) is 0 Å². The van der Waals surface area contributed by atoms with Crippen LogP contribution in [0.15, 0.2) is 69.2 Å². The number of benzene rings is 2. The third-order valence-electron chi connectivity index (χ3n) is 4.57. The fraction of sp³-hybridized carbons (Fsp3) is 0.182. The highest BCUT2D eigenvalue weighted by molar-refractivity contribution is 7.98. The molecule has 4 rings (SSSR count). The molecule has 10 heteroatoms. The Kier molecular flexibility index (Phi) is 6.41. The molecule has 0 unspecified atom stereocenters. The molecule has 0 aliphatic heterocycles. The van der Waals surface area contributed by atoms with Gasteiger partial charge in [-0.3, -0.25) is 9.88 Å². The summed E-state index contributed by atoms with van der Waals surface area (Å²) < 4.78 is 17.5. The molecule has 0 aliphatic carbocycles. The molecular weight excluding hydrogens is 432 g/mol. The Balaban J connectivity index is 1.60. The van der Waals surface area contributed by atoms with Crippen molar-refractivity contribution in [2.24, 2.45) is 0 Å². The number of carbonyl (C=O) groups is 1. The molecule has 0 saturated carbocycles. The van der Waals surface area contributed by atoms with Crippen LogP contribution < -0.4 is 15.7 Å². The molecule has 0 bridgehead atoms. The summed E-state index contributed by atoms with van der Waals surface area (Å²) in [6, 6.07) is 14.1. The van der Waals surface area contributed by atoms with Crippen LogP contribution in [0.3, 0.4) is 0 Å². The van der Waals surface area contributed by atoms with Crippen molar-refractivity contribution in [1.82, 2.24) is 14.8 Å². The number of carbonyl (C=O) groups excluding carboxylic acids is 1. The average Bonchev–Trinajstić information content (AvgIpc) is 3.25. The summed E-state index contributed by atoms with van der Waals surface area (Å²) in [6.45, 7) is 1.98. The van der Waals surface area contributed by atoms with Crippen LogP contribution in [0.25, 0.3) is 16.7 Å². The number of ether oxygens (including phenoxy) is 2. The Morgan fingerprint density at radius 3 is 2.88 bits per heavy atom. The van der Waals surface area contributed by atoms with Crippen molar-refractivity contribution < 1.29 is 18.7 Å². The first-order chi connectivity index (χ1) is 15.6. The summed E-state index contributed by atoms with van der Waals surface area (Å²) in [5, 5.41) is 12.2. The Bertz CT molecular complexity index is 1320. The Hall–Kier alpha value is -3.79. The standard InChI is InChI=1S/C22H20N4O5S/c1-3-30-22(28)24-15-8-9-16-14(10-20(27)31-19(16)11-15)12-32-21-25-23-13-26(21)17-6-4-5-7-18(17)29-2/h4-11,13H,3,12H2,1-2H3,(H,24,28). The zero-order valence-corrected chi connectivity index (χ0v) is 18.2. The number of amides is 1. The van der Waals surface area contributed by atoms with E-state index in [1.165, 1.54) is 17.8 Å². The second kappa shape index (κ2) is 9.56. The Morgan fingerprint density at radius 2 is 2.06 bits per heavy atom. The van der Waals surface area contributed by atoms with Gasteiger partial charge in [0.1, 0.15) is 17.7 Å². The number of nitrogens with zero attached hydrogens (tertiary/aromatic N) is 3. The highest BCUT2D eigenvalue weighted by Gasteiger charge is 2.14. The van der Waals surface area contributed by atoms with Crippen LogP contribution in [-0.2, 0) is 10.5 Å². The maximum absolute atomic E-state index is 12.1. The van der Waals surface area contributed by atoms with Crippen molar-refractivity contribution in [2.45, 2.75) is 17.8 Å². The number of methoxy groups -OCH3 is 1. The number of anilines is 1. The second-order valence-electron chi connectivity index (χ2n) is 6.59. The predicted octanol–water partition coefficient (Wildman–Crippen LogP) is 4.24. The summed E-state index contributed by atoms with van der Waals surface area (Å²) >= 11 is 1.43. The van der Waals surface area contributed by atoms with Crippen LogP contribution >= 0.6 is 11.8 Å². The molecule has 0 spiro atoms. The van der Waals surface area contributed by atoms with Gasteiger partial charge in [-0.1, -0.05) is 23.9 Å². The van der Waals surface area contributed by atoms with Gasteiger partial charge in [-0.25, -0.2) is 9.59 Å². The highest BCUT2D eigenvalue weighted by atomic mass is 32.2. The van der Waals surface area contributed by atoms with Gasteiger partial charge in [0.05, 0.1) is 19.4 Å². The number of nitrogens with one attached hydrogen (secondary N) is 1. The van der Waals surface area contributed by atoms with Crippen LogP contribution in [0, 0.1) is 0 Å². The molecule has 2 heterocycles. The van der Waals surface area contributed by atoms with E-state index in [4.69, 9.17) is 13.9 Å². The van der Waals surface area contributed by atoms with Gasteiger partial charge >= 0.3 is 11.7 Å². The molecular formula is C22H20N4O5S. The van der Waals surface area contributed by atoms with Gasteiger partial charge in [0, 0.05) is 29.0 Å². The molecule has 32 heavy (non-hydrogen) atoms. The minimum atomic E-state index is -0.573. The van der Waals surface area contributed by atoms with E-state index in [2.05, 4.69) is 15.5 Å². The zero-order chi connectivity index (χ0) is 22.5. The van der Waals surface area contributed by atoms with Gasteiger partial charge in [-0.2, -0.15) is 0 Å². The van der Waals surface area contributed by atoms with E-state index in [9.17, 15) is 9.59 Å². The molecule has 0 radical (unpaired) electrons. The zero-order valence-electron chi connectivity index (χ0n) is 17.4. The molecule has 2 aromatic heterocycles. The lowest BCUT2D eigenvalue weighted by Gasteiger charge is -2.11. The Morgan fingerprint density at radius 1 is 1.22 bits per heavy atom. The third-order valence-corrected chi connectivity index (χ3v) is 5.56. The maximum atomic E-state index is 12.1. The first-order valence-electron chi connectivity index (χ1n) is 9.76. The minimum absolute atomic E-state index is 0.259. The molecule has 9 nitrogen and oxygen atoms in total. The van der Waals surface area contributed by atoms with Crippen molar-refractivity contribution in [3.8, 4) is 11.4 Å². The lowest BCUT2D eigenvalue weighted by Crippen LogP contribution is -2.13. The van der Waals surface area contributed by atoms with Gasteiger partial charge < -0.3 is 13.9 Å². The molecule has 164 valence electrons. The predicted molar refractivity (Wildman–Crippen MR) is 121 cm³/mol. The molecule has 4 aromatic rings. The molecule has 2 aromatic carbocycles. The summed E-state index contributed by atoms with van der Waals surface area (Å²) in [6.07, 6.45) is 1.04. The SMILES string of the molecule is CCOC(=O)Nc1ccc2c(CSc3nncn3-c3ccccc3OC)cc(=O)oc2c1. The largest absolute Gasteiger partial charge is 0.495 e. The van der Waals surface area contributed by atoms with E-state index < -0.39 is 11.7 Å². The van der Waals surface area contributed by atoms with Crippen molar-refractivity contribution in [3.05, 3.63) is 70.8 Å². The molecule has 0 saturated heterocycles. The first kappa shape index (κ1) is 21.4. The molecule has 1 amide bonds. The second-order valence-corrected chi connectivity index (χ2v) is 7.53. The van der Waals surface area contributed by atoms with Crippen molar-refractivity contribution in [3.63, 3.8) is 0 Å². The summed E-state index contributed by atoms with van der Waals surface area (Å²) in [5.41, 5.74) is 1.95. The summed E-state index contributed by atoms with van der Waals surface area (Å²) in [5.74, 6) is 1.15. The van der Waals surface area contributed by atoms with Crippen molar-refractivity contribution in [2.75, 3.05) is 19.0 Å². The van der Waals surface area contributed by atoms with E-state index in [-0.39, 0.29) is 6.61 Å². The van der Waals surface area contributed by atoms with Crippen LogP contribution in [0.5, 0.6) is 5.75 Å². The number of aromatic nitrogens is 3. The topological polar surface area (TPSA) is 108 Å². The number of thioether (sulfide) groups is 1. The highest BCUT2D eigenvalue weighted by Crippen LogP contribution is 2.30. The fourth-order valence-corrected chi connectivity index (χ4v) is 4.08. The summed E-state index contributed by atoms with van der Waals surface area (Å²) in [4.78, 5) is 23.8. The smallest absolute Gasteiger partial charge is 0.411 e. The van der Waals surface area contributed by atoms with E-state index in [0.29, 0.717) is 27.9 Å². The Labute approximate surface area is 187 Å². The van der Waals surface area contributed by atoms with Crippen LogP contribution in [-0.4, -0.2) is 34.6 Å². The molecule has 0 atom stereocenters. The van der Waals surface area contributed by atoms with E-state index in [1.807, 2.05) is 28.8 Å². The van der Waals surface area contributed by atoms with Gasteiger partial charge in [-0.05, 0) is 36.8 Å². The van der Waals surface area contributed by atoms with Crippen LogP contribution in [0.4, 0.5) is 10.5 Å². The lowest BCUT2D eigenvalue weighted by atomic mass is 10.1. The number of hydrogen-bond acceptors (Lipinski definition) is 8. The summed E-state index contributed by atoms with van der Waals surface area (Å²) in [7, 11) is 1.61. The number of para-hydroxylation sites is 2. The van der Waals surface area contributed by atoms with Gasteiger partial charge in [0.15, 0.2) is 5.16 Å². The number of fused-ring (bicyclic) bond motifs is 1. The van der Waals surface area contributed by atoms with Crippen molar-refractivity contribution >= 4 is 34.5 Å². The lowest BCUT2D eigenvalue weighted by molar-refractivity contribution is 0.168. The monoisotopic (exact) mass is 452 g/mol. The van der Waals surface area contributed by atoms with E-state index in [0.717, 1.165) is 16.6 Å². The number of rotatable bonds is 7. The maximum Gasteiger partial charge on any atom is 0.411 e. The third kappa shape index (κ3) is 4.59. The number of hydrogen-bond donors (Lipinski definition) is 1. The average molecular weight is 452 g/mol. The minimum Gasteiger partial charge on any atom is -0.495 e. The van der Waals surface area contributed by atoms with Gasteiger partial charge in [-0.15, -0.1) is 10.2 Å². The van der Waals surface area contributed by atoms with E-state index in [1.54, 1.807) is 38.6 Å².